The van der Waals surface area contributed by atoms with Crippen molar-refractivity contribution >= 4 is 44.8 Å². The van der Waals surface area contributed by atoms with Crippen molar-refractivity contribution in [1.82, 2.24) is 10.9 Å². The number of ether oxygens (including phenoxy) is 2. The van der Waals surface area contributed by atoms with Crippen LogP contribution in [0.15, 0.2) is 42.5 Å². The van der Waals surface area contributed by atoms with Gasteiger partial charge in [-0.1, -0.05) is 29.8 Å². The van der Waals surface area contributed by atoms with Gasteiger partial charge < -0.3 is 9.47 Å². The highest BCUT2D eigenvalue weighted by Crippen LogP contribution is 2.37. The zero-order chi connectivity index (χ0) is 19.4. The summed E-state index contributed by atoms with van der Waals surface area (Å²) in [6.07, 6.45) is 0. The van der Waals surface area contributed by atoms with Gasteiger partial charge in [0.2, 0.25) is 0 Å². The maximum Gasteiger partial charge on any atom is 0.281 e. The molecule has 1 heterocycles. The molecule has 8 heteroatoms. The first-order valence-corrected chi connectivity index (χ1v) is 9.22. The van der Waals surface area contributed by atoms with Gasteiger partial charge >= 0.3 is 0 Å². The van der Waals surface area contributed by atoms with E-state index in [4.69, 9.17) is 21.1 Å². The number of para-hydroxylation sites is 1. The molecule has 0 saturated carbocycles. The fraction of sp³-hybridized carbons (Fsp3) is 0.158. The zero-order valence-electron chi connectivity index (χ0n) is 14.7. The lowest BCUT2D eigenvalue weighted by Crippen LogP contribution is -2.43. The van der Waals surface area contributed by atoms with Crippen LogP contribution in [0.5, 0.6) is 11.5 Å². The van der Waals surface area contributed by atoms with Gasteiger partial charge in [0.25, 0.3) is 11.8 Å². The van der Waals surface area contributed by atoms with Gasteiger partial charge in [-0.15, -0.1) is 11.3 Å². The number of fused-ring (bicyclic) bond motifs is 1. The summed E-state index contributed by atoms with van der Waals surface area (Å²) >= 11 is 7.51. The van der Waals surface area contributed by atoms with E-state index in [2.05, 4.69) is 10.9 Å². The van der Waals surface area contributed by atoms with Gasteiger partial charge in [0.05, 0.1) is 12.1 Å². The lowest BCUT2D eigenvalue weighted by molar-refractivity contribution is -0.123. The number of aryl methyl sites for hydroxylation is 1. The molecule has 3 rings (SSSR count). The van der Waals surface area contributed by atoms with Gasteiger partial charge in [-0.3, -0.25) is 20.4 Å². The number of thiophene rings is 1. The van der Waals surface area contributed by atoms with Crippen molar-refractivity contribution in [3.63, 3.8) is 0 Å². The number of amides is 2. The van der Waals surface area contributed by atoms with E-state index in [1.54, 1.807) is 31.4 Å². The fourth-order valence-corrected chi connectivity index (χ4v) is 3.84. The maximum atomic E-state index is 12.4. The molecule has 0 spiro atoms. The van der Waals surface area contributed by atoms with Crippen molar-refractivity contribution in [2.75, 3.05) is 13.7 Å². The van der Waals surface area contributed by atoms with Crippen molar-refractivity contribution in [2.45, 2.75) is 6.92 Å². The van der Waals surface area contributed by atoms with Crippen LogP contribution in [0.4, 0.5) is 0 Å². The molecule has 0 atom stereocenters. The molecule has 6 nitrogen and oxygen atoms in total. The molecule has 0 unspecified atom stereocenters. The van der Waals surface area contributed by atoms with Gasteiger partial charge in [0.1, 0.15) is 16.4 Å². The van der Waals surface area contributed by atoms with Crippen LogP contribution in [0.3, 0.4) is 0 Å². The number of rotatable bonds is 5. The summed E-state index contributed by atoms with van der Waals surface area (Å²) in [5.41, 5.74) is 5.60. The first-order valence-electron chi connectivity index (χ1n) is 8.03. The number of hydrogen-bond donors (Lipinski definition) is 2. The average Bonchev–Trinajstić information content (AvgIpc) is 3.01. The van der Waals surface area contributed by atoms with Gasteiger partial charge in [-0.2, -0.15) is 0 Å². The number of hydrazine groups is 1. The number of methoxy groups -OCH3 is 1. The molecular weight excluding hydrogens is 388 g/mol. The summed E-state index contributed by atoms with van der Waals surface area (Å²) < 4.78 is 11.4. The third-order valence-corrected chi connectivity index (χ3v) is 5.47. The maximum absolute atomic E-state index is 12.4. The van der Waals surface area contributed by atoms with Crippen LogP contribution >= 0.6 is 22.9 Å². The van der Waals surface area contributed by atoms with Crippen molar-refractivity contribution in [2.24, 2.45) is 0 Å². The Kier molecular flexibility index (Phi) is 5.83. The predicted molar refractivity (Wildman–Crippen MR) is 106 cm³/mol. The molecule has 2 N–H and O–H groups in total. The van der Waals surface area contributed by atoms with Crippen molar-refractivity contribution < 1.29 is 19.1 Å². The van der Waals surface area contributed by atoms with E-state index in [1.807, 2.05) is 25.1 Å². The van der Waals surface area contributed by atoms with E-state index in [0.717, 1.165) is 15.6 Å². The average molecular weight is 405 g/mol. The summed E-state index contributed by atoms with van der Waals surface area (Å²) in [6.45, 7) is 1.66. The third-order valence-electron chi connectivity index (χ3n) is 3.81. The second kappa shape index (κ2) is 8.28. The highest BCUT2D eigenvalue weighted by Gasteiger charge is 2.18. The van der Waals surface area contributed by atoms with Gasteiger partial charge in [-0.25, -0.2) is 0 Å². The van der Waals surface area contributed by atoms with Crippen LogP contribution in [-0.2, 0) is 4.79 Å². The van der Waals surface area contributed by atoms with E-state index in [-0.39, 0.29) is 6.61 Å². The number of halogens is 1. The Hall–Kier alpha value is -2.77. The van der Waals surface area contributed by atoms with Crippen LogP contribution in [0.2, 0.25) is 5.02 Å². The van der Waals surface area contributed by atoms with Crippen LogP contribution in [0.1, 0.15) is 15.2 Å². The largest absolute Gasteiger partial charge is 0.497 e. The lowest BCUT2D eigenvalue weighted by atomic mass is 10.2. The molecule has 0 aliphatic carbocycles. The second-order valence-corrected chi connectivity index (χ2v) is 7.09. The molecule has 3 aromatic rings. The van der Waals surface area contributed by atoms with E-state index >= 15 is 0 Å². The van der Waals surface area contributed by atoms with Crippen LogP contribution in [-0.4, -0.2) is 25.5 Å². The van der Waals surface area contributed by atoms with Gasteiger partial charge in [0, 0.05) is 10.1 Å². The summed E-state index contributed by atoms with van der Waals surface area (Å²) in [6, 6.07) is 12.7. The molecule has 0 fully saturated rings. The SMILES string of the molecule is COc1ccc2c(Cl)c(C(=O)NNC(=O)COc3ccccc3C)sc2c1. The summed E-state index contributed by atoms with van der Waals surface area (Å²) in [4.78, 5) is 24.6. The Morgan fingerprint density at radius 2 is 1.93 bits per heavy atom. The molecule has 1 aromatic heterocycles. The summed E-state index contributed by atoms with van der Waals surface area (Å²) in [5.74, 6) is 0.310. The molecule has 0 bridgehead atoms. The number of carbonyl (C=O) groups is 2. The van der Waals surface area contributed by atoms with Crippen LogP contribution in [0, 0.1) is 6.92 Å². The number of carbonyl (C=O) groups excluding carboxylic acids is 2. The molecule has 2 amide bonds. The third kappa shape index (κ3) is 4.32. The monoisotopic (exact) mass is 404 g/mol. The van der Waals surface area contributed by atoms with E-state index in [0.29, 0.717) is 21.4 Å². The highest BCUT2D eigenvalue weighted by atomic mass is 35.5. The zero-order valence-corrected chi connectivity index (χ0v) is 16.2. The van der Waals surface area contributed by atoms with E-state index < -0.39 is 11.8 Å². The van der Waals surface area contributed by atoms with Crippen molar-refractivity contribution in [1.29, 1.82) is 0 Å². The molecule has 0 radical (unpaired) electrons. The van der Waals surface area contributed by atoms with Crippen molar-refractivity contribution in [3.8, 4) is 11.5 Å². The molecule has 0 aliphatic rings. The number of hydrogen-bond acceptors (Lipinski definition) is 5. The lowest BCUT2D eigenvalue weighted by Gasteiger charge is -2.09. The standard InChI is InChI=1S/C19H17ClN2O4S/c1-11-5-3-4-6-14(11)26-10-16(23)21-22-19(24)18-17(20)13-8-7-12(25-2)9-15(13)27-18/h3-9H,10H2,1-2H3,(H,21,23)(H,22,24). The van der Waals surface area contributed by atoms with Crippen LogP contribution in [0.25, 0.3) is 10.1 Å². The minimum Gasteiger partial charge on any atom is -0.497 e. The predicted octanol–water partition coefficient (Wildman–Crippen LogP) is 3.71. The molecule has 140 valence electrons. The van der Waals surface area contributed by atoms with E-state index in [9.17, 15) is 9.59 Å². The van der Waals surface area contributed by atoms with Gasteiger partial charge in [0.15, 0.2) is 6.61 Å². The van der Waals surface area contributed by atoms with Crippen LogP contribution < -0.4 is 20.3 Å². The smallest absolute Gasteiger partial charge is 0.281 e. The first kappa shape index (κ1) is 19.0. The Bertz CT molecular complexity index is 1000. The normalized spacial score (nSPS) is 10.5. The molecule has 0 aliphatic heterocycles. The Morgan fingerprint density at radius 1 is 1.15 bits per heavy atom. The molecule has 27 heavy (non-hydrogen) atoms. The highest BCUT2D eigenvalue weighted by molar-refractivity contribution is 7.21. The number of benzene rings is 2. The Morgan fingerprint density at radius 3 is 2.67 bits per heavy atom. The Labute approximate surface area is 165 Å². The minimum atomic E-state index is -0.496. The van der Waals surface area contributed by atoms with Gasteiger partial charge in [-0.05, 0) is 36.8 Å². The molecule has 0 saturated heterocycles. The topological polar surface area (TPSA) is 76.7 Å². The molecular formula is C19H17ClN2O4S. The fourth-order valence-electron chi connectivity index (χ4n) is 2.40. The number of nitrogens with one attached hydrogen (secondary N) is 2. The van der Waals surface area contributed by atoms with E-state index in [1.165, 1.54) is 11.3 Å². The second-order valence-electron chi connectivity index (χ2n) is 5.66. The Balaban J connectivity index is 1.60. The quantitative estimate of drug-likeness (QED) is 0.635. The summed E-state index contributed by atoms with van der Waals surface area (Å²) in [5, 5.41) is 1.09. The minimum absolute atomic E-state index is 0.220. The first-order chi connectivity index (χ1) is 13.0. The van der Waals surface area contributed by atoms with Crippen molar-refractivity contribution in [3.05, 3.63) is 57.9 Å². The summed E-state index contributed by atoms with van der Waals surface area (Å²) in [7, 11) is 1.57. The molecule has 2 aromatic carbocycles.